The second kappa shape index (κ2) is 8.27. The van der Waals surface area contributed by atoms with Gasteiger partial charge in [0.2, 0.25) is 5.91 Å². The van der Waals surface area contributed by atoms with Gasteiger partial charge in [-0.3, -0.25) is 4.79 Å². The first-order chi connectivity index (χ1) is 10.3. The third-order valence-electron chi connectivity index (χ3n) is 2.83. The Kier molecular flexibility index (Phi) is 6.03. The monoisotopic (exact) mass is 301 g/mol. The Morgan fingerprint density at radius 1 is 1.29 bits per heavy atom. The van der Waals surface area contributed by atoms with E-state index in [-0.39, 0.29) is 5.91 Å². The number of rotatable bonds is 7. The van der Waals surface area contributed by atoms with Crippen LogP contribution in [-0.2, 0) is 4.79 Å². The molecule has 2 rings (SSSR count). The fourth-order valence-electron chi connectivity index (χ4n) is 1.70. The average Bonchev–Trinajstić information content (AvgIpc) is 3.01. The van der Waals surface area contributed by atoms with E-state index in [9.17, 15) is 4.79 Å². The molecule has 1 N–H and O–H groups in total. The van der Waals surface area contributed by atoms with Gasteiger partial charge in [-0.25, -0.2) is 0 Å². The van der Waals surface area contributed by atoms with Crippen LogP contribution < -0.4 is 10.1 Å². The zero-order valence-electron chi connectivity index (χ0n) is 12.0. The van der Waals surface area contributed by atoms with Gasteiger partial charge in [0.25, 0.3) is 0 Å². The van der Waals surface area contributed by atoms with Gasteiger partial charge in [-0.1, -0.05) is 19.4 Å². The third kappa shape index (κ3) is 5.44. The van der Waals surface area contributed by atoms with Crippen molar-refractivity contribution in [1.82, 2.24) is 0 Å². The summed E-state index contributed by atoms with van der Waals surface area (Å²) in [6.07, 6.45) is 5.51. The van der Waals surface area contributed by atoms with Crippen LogP contribution in [0.2, 0.25) is 0 Å². The van der Waals surface area contributed by atoms with E-state index >= 15 is 0 Å². The smallest absolute Gasteiger partial charge is 0.248 e. The van der Waals surface area contributed by atoms with Crippen LogP contribution in [-0.4, -0.2) is 12.5 Å². The summed E-state index contributed by atoms with van der Waals surface area (Å²) in [6, 6.07) is 11.4. The molecule has 0 spiro atoms. The normalized spacial score (nSPS) is 10.7. The molecule has 4 heteroatoms. The minimum atomic E-state index is -0.136. The van der Waals surface area contributed by atoms with Gasteiger partial charge < -0.3 is 10.1 Å². The van der Waals surface area contributed by atoms with Crippen molar-refractivity contribution in [3.63, 3.8) is 0 Å². The van der Waals surface area contributed by atoms with Gasteiger partial charge in [-0.05, 0) is 48.2 Å². The number of benzene rings is 1. The van der Waals surface area contributed by atoms with E-state index in [1.165, 1.54) is 6.08 Å². The molecule has 0 fully saturated rings. The molecule has 0 radical (unpaired) electrons. The molecule has 0 saturated carbocycles. The predicted molar refractivity (Wildman–Crippen MR) is 88.8 cm³/mol. The second-order valence-electron chi connectivity index (χ2n) is 4.56. The highest BCUT2D eigenvalue weighted by atomic mass is 32.1. The van der Waals surface area contributed by atoms with E-state index < -0.39 is 0 Å². The lowest BCUT2D eigenvalue weighted by Crippen LogP contribution is -2.07. The van der Waals surface area contributed by atoms with E-state index in [4.69, 9.17) is 4.74 Å². The van der Waals surface area contributed by atoms with E-state index in [0.717, 1.165) is 35.8 Å². The number of hydrogen-bond acceptors (Lipinski definition) is 3. The molecule has 0 aliphatic rings. The van der Waals surface area contributed by atoms with Crippen LogP contribution in [0.25, 0.3) is 6.08 Å². The van der Waals surface area contributed by atoms with Crippen LogP contribution in [0.15, 0.2) is 47.9 Å². The van der Waals surface area contributed by atoms with Crippen LogP contribution in [0.3, 0.4) is 0 Å². The van der Waals surface area contributed by atoms with E-state index in [0.29, 0.717) is 0 Å². The lowest BCUT2D eigenvalue weighted by Gasteiger charge is -2.06. The van der Waals surface area contributed by atoms with Crippen LogP contribution in [0, 0.1) is 0 Å². The number of ether oxygens (including phenoxy) is 1. The largest absolute Gasteiger partial charge is 0.494 e. The average molecular weight is 301 g/mol. The third-order valence-corrected chi connectivity index (χ3v) is 3.67. The molecule has 0 aliphatic carbocycles. The van der Waals surface area contributed by atoms with E-state index in [2.05, 4.69) is 12.2 Å². The van der Waals surface area contributed by atoms with Gasteiger partial charge >= 0.3 is 0 Å². The van der Waals surface area contributed by atoms with Crippen molar-refractivity contribution in [3.05, 3.63) is 52.7 Å². The van der Waals surface area contributed by atoms with Crippen molar-refractivity contribution < 1.29 is 9.53 Å². The van der Waals surface area contributed by atoms with Gasteiger partial charge in [0, 0.05) is 16.6 Å². The summed E-state index contributed by atoms with van der Waals surface area (Å²) in [4.78, 5) is 12.8. The maximum atomic E-state index is 11.8. The standard InChI is InChI=1S/C17H19NO2S/c1-2-3-12-20-15-8-6-14(7-9-15)18-17(19)11-10-16-5-4-13-21-16/h4-11,13H,2-3,12H2,1H3,(H,18,19). The molecule has 1 aromatic heterocycles. The molecule has 1 amide bonds. The number of amides is 1. The van der Waals surface area contributed by atoms with E-state index in [1.807, 2.05) is 47.9 Å². The maximum Gasteiger partial charge on any atom is 0.248 e. The first-order valence-electron chi connectivity index (χ1n) is 7.03. The highest BCUT2D eigenvalue weighted by molar-refractivity contribution is 7.10. The van der Waals surface area contributed by atoms with Crippen molar-refractivity contribution in [1.29, 1.82) is 0 Å². The number of nitrogens with one attached hydrogen (secondary N) is 1. The van der Waals surface area contributed by atoms with Gasteiger partial charge in [0.1, 0.15) is 5.75 Å². The van der Waals surface area contributed by atoms with Crippen LogP contribution in [0.5, 0.6) is 5.75 Å². The SMILES string of the molecule is CCCCOc1ccc(NC(=O)C=Cc2cccs2)cc1. The first kappa shape index (κ1) is 15.3. The molecular weight excluding hydrogens is 282 g/mol. The van der Waals surface area contributed by atoms with Crippen molar-refractivity contribution in [3.8, 4) is 5.75 Å². The maximum absolute atomic E-state index is 11.8. The summed E-state index contributed by atoms with van der Waals surface area (Å²) in [5.74, 6) is 0.693. The Morgan fingerprint density at radius 3 is 2.76 bits per heavy atom. The quantitative estimate of drug-likeness (QED) is 0.600. The fraction of sp³-hybridized carbons (Fsp3) is 0.235. The molecule has 2 aromatic rings. The Hall–Kier alpha value is -2.07. The predicted octanol–water partition coefficient (Wildman–Crippen LogP) is 4.58. The van der Waals surface area contributed by atoms with Gasteiger partial charge in [-0.2, -0.15) is 0 Å². The molecular formula is C17H19NO2S. The van der Waals surface area contributed by atoms with E-state index in [1.54, 1.807) is 11.3 Å². The summed E-state index contributed by atoms with van der Waals surface area (Å²) in [5.41, 5.74) is 0.763. The molecule has 0 bridgehead atoms. The number of anilines is 1. The molecule has 0 aliphatic heterocycles. The molecule has 0 saturated heterocycles. The Morgan fingerprint density at radius 2 is 2.10 bits per heavy atom. The van der Waals surface area contributed by atoms with Gasteiger partial charge in [0.15, 0.2) is 0 Å². The lowest BCUT2D eigenvalue weighted by molar-refractivity contribution is -0.111. The lowest BCUT2D eigenvalue weighted by atomic mass is 10.3. The summed E-state index contributed by atoms with van der Waals surface area (Å²) in [5, 5.41) is 4.80. The molecule has 0 unspecified atom stereocenters. The zero-order valence-corrected chi connectivity index (χ0v) is 12.9. The van der Waals surface area contributed by atoms with Crippen LogP contribution >= 0.6 is 11.3 Å². The molecule has 110 valence electrons. The minimum absolute atomic E-state index is 0.136. The Bertz CT molecular complexity index is 573. The Balaban J connectivity index is 1.83. The molecule has 0 atom stereocenters. The van der Waals surface area contributed by atoms with Gasteiger partial charge in [0.05, 0.1) is 6.61 Å². The van der Waals surface area contributed by atoms with Crippen molar-refractivity contribution >= 4 is 29.0 Å². The topological polar surface area (TPSA) is 38.3 Å². The fourth-order valence-corrected chi connectivity index (χ4v) is 2.31. The Labute approximate surface area is 129 Å². The van der Waals surface area contributed by atoms with Crippen LogP contribution in [0.4, 0.5) is 5.69 Å². The number of unbranched alkanes of at least 4 members (excludes halogenated alkanes) is 1. The number of thiophene rings is 1. The number of carbonyl (C=O) groups excluding carboxylic acids is 1. The summed E-state index contributed by atoms with van der Waals surface area (Å²) in [7, 11) is 0. The highest BCUT2D eigenvalue weighted by Crippen LogP contribution is 2.16. The molecule has 1 heterocycles. The van der Waals surface area contributed by atoms with Crippen molar-refractivity contribution in [2.24, 2.45) is 0 Å². The summed E-state index contributed by atoms with van der Waals surface area (Å²) in [6.45, 7) is 2.86. The molecule has 1 aromatic carbocycles. The zero-order chi connectivity index (χ0) is 14.9. The number of carbonyl (C=O) groups is 1. The second-order valence-corrected chi connectivity index (χ2v) is 5.54. The van der Waals surface area contributed by atoms with Gasteiger partial charge in [-0.15, -0.1) is 11.3 Å². The highest BCUT2D eigenvalue weighted by Gasteiger charge is 1.99. The van der Waals surface area contributed by atoms with Crippen LogP contribution in [0.1, 0.15) is 24.6 Å². The number of hydrogen-bond donors (Lipinski definition) is 1. The summed E-state index contributed by atoms with van der Waals surface area (Å²) >= 11 is 1.60. The first-order valence-corrected chi connectivity index (χ1v) is 7.91. The minimum Gasteiger partial charge on any atom is -0.494 e. The molecule has 3 nitrogen and oxygen atoms in total. The van der Waals surface area contributed by atoms with Crippen molar-refractivity contribution in [2.45, 2.75) is 19.8 Å². The van der Waals surface area contributed by atoms with Crippen molar-refractivity contribution in [2.75, 3.05) is 11.9 Å². The molecule has 21 heavy (non-hydrogen) atoms. The summed E-state index contributed by atoms with van der Waals surface area (Å²) < 4.78 is 5.58.